The van der Waals surface area contributed by atoms with Gasteiger partial charge in [0.15, 0.2) is 0 Å². The average molecular weight is 282 g/mol. The highest BCUT2D eigenvalue weighted by Gasteiger charge is 2.43. The number of amides is 1. The molecule has 2 heterocycles. The summed E-state index contributed by atoms with van der Waals surface area (Å²) in [5.41, 5.74) is 0. The smallest absolute Gasteiger partial charge is 0.241 e. The molecule has 0 aromatic rings. The first-order valence-electron chi connectivity index (χ1n) is 8.20. The van der Waals surface area contributed by atoms with Crippen molar-refractivity contribution in [3.8, 4) is 0 Å². The molecule has 2 rings (SSSR count). The molecule has 1 amide bonds. The van der Waals surface area contributed by atoms with Crippen LogP contribution in [0.2, 0.25) is 0 Å². The first kappa shape index (κ1) is 15.8. The average Bonchev–Trinajstić information content (AvgIpc) is 2.99. The van der Waals surface area contributed by atoms with E-state index in [1.54, 1.807) is 0 Å². The molecule has 2 fully saturated rings. The van der Waals surface area contributed by atoms with Crippen LogP contribution in [0.1, 0.15) is 53.4 Å². The Hall–Kier alpha value is -0.610. The van der Waals surface area contributed by atoms with Gasteiger partial charge >= 0.3 is 0 Å². The summed E-state index contributed by atoms with van der Waals surface area (Å²) in [6.45, 7) is 10.4. The molecule has 0 saturated carbocycles. The number of nitrogens with one attached hydrogen (secondary N) is 1. The molecule has 2 aliphatic rings. The van der Waals surface area contributed by atoms with E-state index in [2.05, 4.69) is 37.9 Å². The van der Waals surface area contributed by atoms with Gasteiger partial charge in [-0.15, -0.1) is 0 Å². The lowest BCUT2D eigenvalue weighted by Gasteiger charge is -2.33. The molecule has 0 aliphatic carbocycles. The molecule has 0 bridgehead atoms. The molecule has 0 aromatic carbocycles. The Morgan fingerprint density at radius 1 is 1.40 bits per heavy atom. The van der Waals surface area contributed by atoms with Crippen LogP contribution in [0.4, 0.5) is 0 Å². The number of carbonyl (C=O) groups excluding carboxylic acids is 1. The summed E-state index contributed by atoms with van der Waals surface area (Å²) < 4.78 is 5.50. The number of hydrogen-bond donors (Lipinski definition) is 1. The van der Waals surface area contributed by atoms with Gasteiger partial charge < -0.3 is 9.64 Å². The van der Waals surface area contributed by atoms with Gasteiger partial charge in [0, 0.05) is 18.6 Å². The minimum absolute atomic E-state index is 0.0105. The fourth-order valence-corrected chi connectivity index (χ4v) is 3.50. The van der Waals surface area contributed by atoms with E-state index in [0.717, 1.165) is 38.9 Å². The van der Waals surface area contributed by atoms with E-state index in [4.69, 9.17) is 4.74 Å². The van der Waals surface area contributed by atoms with Crippen molar-refractivity contribution in [2.45, 2.75) is 71.6 Å². The third-order valence-corrected chi connectivity index (χ3v) is 4.64. The molecule has 4 nitrogen and oxygen atoms in total. The van der Waals surface area contributed by atoms with Crippen LogP contribution in [-0.4, -0.2) is 42.3 Å². The first-order valence-corrected chi connectivity index (χ1v) is 8.20. The van der Waals surface area contributed by atoms with Crippen molar-refractivity contribution in [3.63, 3.8) is 0 Å². The van der Waals surface area contributed by atoms with E-state index in [-0.39, 0.29) is 18.2 Å². The van der Waals surface area contributed by atoms with E-state index in [9.17, 15) is 4.79 Å². The van der Waals surface area contributed by atoms with Crippen molar-refractivity contribution in [1.29, 1.82) is 0 Å². The third kappa shape index (κ3) is 3.34. The number of ether oxygens (including phenoxy) is 1. The molecular weight excluding hydrogens is 252 g/mol. The lowest BCUT2D eigenvalue weighted by molar-refractivity contribution is -0.133. The van der Waals surface area contributed by atoms with Gasteiger partial charge in [-0.05, 0) is 32.1 Å². The van der Waals surface area contributed by atoms with Crippen LogP contribution in [0, 0.1) is 11.8 Å². The predicted octanol–water partition coefficient (Wildman–Crippen LogP) is 2.38. The minimum Gasteiger partial charge on any atom is -0.381 e. The summed E-state index contributed by atoms with van der Waals surface area (Å²) in [5, 5.41) is 3.56. The van der Waals surface area contributed by atoms with Crippen LogP contribution < -0.4 is 5.32 Å². The Labute approximate surface area is 123 Å². The highest BCUT2D eigenvalue weighted by atomic mass is 16.5. The fraction of sp³-hybridized carbons (Fsp3) is 0.938. The van der Waals surface area contributed by atoms with Gasteiger partial charge in [-0.25, -0.2) is 0 Å². The molecule has 2 aliphatic heterocycles. The van der Waals surface area contributed by atoms with Gasteiger partial charge in [0.05, 0.1) is 18.8 Å². The van der Waals surface area contributed by atoms with Gasteiger partial charge in [-0.1, -0.05) is 27.2 Å². The van der Waals surface area contributed by atoms with Crippen molar-refractivity contribution in [2.24, 2.45) is 11.8 Å². The number of rotatable bonds is 6. The van der Waals surface area contributed by atoms with Crippen LogP contribution in [0.25, 0.3) is 0 Å². The summed E-state index contributed by atoms with van der Waals surface area (Å²) in [5.74, 6) is 1.35. The lowest BCUT2D eigenvalue weighted by Crippen LogP contribution is -2.46. The highest BCUT2D eigenvalue weighted by Crippen LogP contribution is 2.28. The van der Waals surface area contributed by atoms with E-state index >= 15 is 0 Å². The van der Waals surface area contributed by atoms with Crippen molar-refractivity contribution in [3.05, 3.63) is 0 Å². The second-order valence-corrected chi connectivity index (χ2v) is 6.76. The normalized spacial score (nSPS) is 32.4. The van der Waals surface area contributed by atoms with Gasteiger partial charge in [0.25, 0.3) is 0 Å². The summed E-state index contributed by atoms with van der Waals surface area (Å²) in [6.07, 6.45) is 4.37. The maximum atomic E-state index is 12.7. The largest absolute Gasteiger partial charge is 0.381 e. The zero-order chi connectivity index (χ0) is 14.7. The molecule has 0 aromatic heterocycles. The van der Waals surface area contributed by atoms with Crippen molar-refractivity contribution >= 4 is 5.91 Å². The SMILES string of the molecule is CCCC1NC(CC(C)C)C(=O)N1C(C)C1CCOC1. The Morgan fingerprint density at radius 2 is 2.15 bits per heavy atom. The monoisotopic (exact) mass is 282 g/mol. The Bertz CT molecular complexity index is 326. The fourth-order valence-electron chi connectivity index (χ4n) is 3.50. The van der Waals surface area contributed by atoms with E-state index in [1.807, 2.05) is 0 Å². The minimum atomic E-state index is 0.0105. The molecule has 20 heavy (non-hydrogen) atoms. The maximum absolute atomic E-state index is 12.7. The zero-order valence-corrected chi connectivity index (χ0v) is 13.4. The van der Waals surface area contributed by atoms with Gasteiger partial charge in [-0.3, -0.25) is 10.1 Å². The van der Waals surface area contributed by atoms with Gasteiger partial charge in [0.1, 0.15) is 0 Å². The van der Waals surface area contributed by atoms with Crippen LogP contribution in [0.15, 0.2) is 0 Å². The second kappa shape index (κ2) is 6.90. The van der Waals surface area contributed by atoms with Gasteiger partial charge in [-0.2, -0.15) is 0 Å². The standard InChI is InChI=1S/C16H30N2O2/c1-5-6-15-17-14(9-11(2)3)16(19)18(15)12(4)13-7-8-20-10-13/h11-15,17H,5-10H2,1-4H3. The predicted molar refractivity (Wildman–Crippen MR) is 80.3 cm³/mol. The summed E-state index contributed by atoms with van der Waals surface area (Å²) in [6, 6.07) is 0.294. The van der Waals surface area contributed by atoms with E-state index in [1.165, 1.54) is 0 Å². The Kier molecular flexibility index (Phi) is 5.44. The molecule has 4 unspecified atom stereocenters. The van der Waals surface area contributed by atoms with Crippen LogP contribution in [0.5, 0.6) is 0 Å². The molecule has 2 saturated heterocycles. The quantitative estimate of drug-likeness (QED) is 0.813. The number of nitrogens with zero attached hydrogens (tertiary/aromatic N) is 1. The van der Waals surface area contributed by atoms with E-state index < -0.39 is 0 Å². The molecular formula is C16H30N2O2. The van der Waals surface area contributed by atoms with Crippen molar-refractivity contribution in [1.82, 2.24) is 10.2 Å². The summed E-state index contributed by atoms with van der Waals surface area (Å²) in [4.78, 5) is 14.9. The summed E-state index contributed by atoms with van der Waals surface area (Å²) in [7, 11) is 0. The molecule has 4 atom stereocenters. The van der Waals surface area contributed by atoms with Crippen LogP contribution in [-0.2, 0) is 9.53 Å². The first-order chi connectivity index (χ1) is 9.54. The lowest BCUT2D eigenvalue weighted by atomic mass is 9.97. The van der Waals surface area contributed by atoms with Crippen LogP contribution in [0.3, 0.4) is 0 Å². The molecule has 0 radical (unpaired) electrons. The van der Waals surface area contributed by atoms with Gasteiger partial charge in [0.2, 0.25) is 5.91 Å². The number of hydrogen-bond acceptors (Lipinski definition) is 3. The Morgan fingerprint density at radius 3 is 2.70 bits per heavy atom. The second-order valence-electron chi connectivity index (χ2n) is 6.76. The zero-order valence-electron chi connectivity index (χ0n) is 13.4. The Balaban J connectivity index is 2.07. The molecule has 4 heteroatoms. The molecule has 0 spiro atoms. The molecule has 1 N–H and O–H groups in total. The van der Waals surface area contributed by atoms with Crippen molar-refractivity contribution in [2.75, 3.05) is 13.2 Å². The highest BCUT2D eigenvalue weighted by molar-refractivity contribution is 5.84. The number of carbonyl (C=O) groups is 1. The van der Waals surface area contributed by atoms with Crippen LogP contribution >= 0.6 is 0 Å². The molecule has 116 valence electrons. The van der Waals surface area contributed by atoms with E-state index in [0.29, 0.717) is 17.7 Å². The topological polar surface area (TPSA) is 41.6 Å². The summed E-state index contributed by atoms with van der Waals surface area (Å²) >= 11 is 0. The van der Waals surface area contributed by atoms with Crippen molar-refractivity contribution < 1.29 is 9.53 Å². The maximum Gasteiger partial charge on any atom is 0.241 e. The third-order valence-electron chi connectivity index (χ3n) is 4.64.